The summed E-state index contributed by atoms with van der Waals surface area (Å²) in [5.74, 6) is 5.22. The number of piperazine rings is 1. The van der Waals surface area contributed by atoms with Crippen LogP contribution in [0.15, 0.2) is 18.3 Å². The van der Waals surface area contributed by atoms with Crippen LogP contribution in [0.5, 0.6) is 0 Å². The number of hydrogen-bond acceptors (Lipinski definition) is 5. The number of hydrogen-bond donors (Lipinski definition) is 3. The van der Waals surface area contributed by atoms with E-state index in [1.54, 1.807) is 32.2 Å². The normalized spacial score (nSPS) is 17.8. The first-order valence-electron chi connectivity index (χ1n) is 6.00. The molecule has 0 radical (unpaired) electrons. The molecule has 19 heavy (non-hydrogen) atoms. The highest BCUT2D eigenvalue weighted by Crippen LogP contribution is 2.22. The lowest BCUT2D eigenvalue weighted by Gasteiger charge is -2.41. The molecule has 2 amide bonds. The van der Waals surface area contributed by atoms with Crippen molar-refractivity contribution < 1.29 is 9.59 Å². The first-order chi connectivity index (χ1) is 8.98. The van der Waals surface area contributed by atoms with Gasteiger partial charge in [0.05, 0.1) is 5.56 Å². The molecular formula is C12H17N5O2. The Morgan fingerprint density at radius 3 is 3.00 bits per heavy atom. The van der Waals surface area contributed by atoms with Gasteiger partial charge in [0.1, 0.15) is 5.54 Å². The summed E-state index contributed by atoms with van der Waals surface area (Å²) in [7, 11) is 0. The summed E-state index contributed by atoms with van der Waals surface area (Å²) in [6.45, 7) is 4.33. The molecule has 1 aliphatic heterocycles. The van der Waals surface area contributed by atoms with Gasteiger partial charge in [0.2, 0.25) is 5.91 Å². The average molecular weight is 263 g/mol. The molecule has 0 unspecified atom stereocenters. The van der Waals surface area contributed by atoms with Gasteiger partial charge in [-0.1, -0.05) is 0 Å². The lowest BCUT2D eigenvalue weighted by Crippen LogP contribution is -2.63. The number of rotatable bonds is 2. The van der Waals surface area contributed by atoms with Gasteiger partial charge in [-0.3, -0.25) is 9.59 Å². The fourth-order valence-corrected chi connectivity index (χ4v) is 2.09. The Labute approximate surface area is 111 Å². The number of nitrogens with zero attached hydrogens (tertiary/aromatic N) is 2. The Hall–Kier alpha value is -2.15. The van der Waals surface area contributed by atoms with Gasteiger partial charge in [0, 0.05) is 19.3 Å². The molecule has 0 aliphatic carbocycles. The van der Waals surface area contributed by atoms with Gasteiger partial charge >= 0.3 is 0 Å². The summed E-state index contributed by atoms with van der Waals surface area (Å²) in [5, 5.41) is 2.75. The highest BCUT2D eigenvalue weighted by Gasteiger charge is 2.41. The third-order valence-corrected chi connectivity index (χ3v) is 3.27. The first-order valence-corrected chi connectivity index (χ1v) is 6.00. The summed E-state index contributed by atoms with van der Waals surface area (Å²) in [6.07, 6.45) is 1.54. The molecule has 1 aromatic heterocycles. The molecule has 1 aliphatic rings. The Balaban J connectivity index is 2.35. The molecule has 2 rings (SSSR count). The second-order valence-corrected chi connectivity index (χ2v) is 4.82. The van der Waals surface area contributed by atoms with Crippen molar-refractivity contribution in [2.75, 3.05) is 18.5 Å². The van der Waals surface area contributed by atoms with Crippen molar-refractivity contribution in [2.45, 2.75) is 19.4 Å². The van der Waals surface area contributed by atoms with Crippen LogP contribution in [0.4, 0.5) is 5.82 Å². The van der Waals surface area contributed by atoms with Crippen LogP contribution < -0.4 is 16.6 Å². The summed E-state index contributed by atoms with van der Waals surface area (Å²) in [5.41, 5.74) is 1.86. The van der Waals surface area contributed by atoms with Crippen molar-refractivity contribution in [2.24, 2.45) is 5.84 Å². The topological polar surface area (TPSA) is 100 Å². The SMILES string of the molecule is CC1(C)C(=O)NCCN1C(=O)c1cccnc1NN. The summed E-state index contributed by atoms with van der Waals surface area (Å²) in [4.78, 5) is 29.9. The van der Waals surface area contributed by atoms with Crippen LogP contribution in [0.2, 0.25) is 0 Å². The molecule has 0 atom stereocenters. The number of hydrazine groups is 1. The van der Waals surface area contributed by atoms with Crippen molar-refractivity contribution in [3.8, 4) is 0 Å². The zero-order valence-electron chi connectivity index (χ0n) is 10.9. The minimum absolute atomic E-state index is 0.168. The van der Waals surface area contributed by atoms with Crippen molar-refractivity contribution in [3.05, 3.63) is 23.9 Å². The second kappa shape index (κ2) is 4.85. The van der Waals surface area contributed by atoms with Crippen LogP contribution in [0.1, 0.15) is 24.2 Å². The predicted octanol–water partition coefficient (Wildman–Crippen LogP) is -0.282. The van der Waals surface area contributed by atoms with Gasteiger partial charge in [0.25, 0.3) is 5.91 Å². The van der Waals surface area contributed by atoms with Crippen molar-refractivity contribution in [1.82, 2.24) is 15.2 Å². The molecule has 7 heteroatoms. The molecule has 2 heterocycles. The van der Waals surface area contributed by atoms with Gasteiger partial charge in [-0.15, -0.1) is 0 Å². The minimum Gasteiger partial charge on any atom is -0.352 e. The fraction of sp³-hybridized carbons (Fsp3) is 0.417. The van der Waals surface area contributed by atoms with E-state index in [9.17, 15) is 9.59 Å². The Morgan fingerprint density at radius 1 is 1.58 bits per heavy atom. The van der Waals surface area contributed by atoms with Crippen LogP contribution in [0.3, 0.4) is 0 Å². The molecule has 1 saturated heterocycles. The van der Waals surface area contributed by atoms with E-state index in [1.165, 1.54) is 4.90 Å². The van der Waals surface area contributed by atoms with Crippen LogP contribution >= 0.6 is 0 Å². The highest BCUT2D eigenvalue weighted by atomic mass is 16.2. The third-order valence-electron chi connectivity index (χ3n) is 3.27. The molecule has 1 fully saturated rings. The largest absolute Gasteiger partial charge is 0.352 e. The molecule has 7 nitrogen and oxygen atoms in total. The van der Waals surface area contributed by atoms with Crippen LogP contribution in [-0.4, -0.2) is 40.3 Å². The van der Waals surface area contributed by atoms with Crippen LogP contribution in [0, 0.1) is 0 Å². The van der Waals surface area contributed by atoms with Gasteiger partial charge in [-0.25, -0.2) is 10.8 Å². The monoisotopic (exact) mass is 263 g/mol. The summed E-state index contributed by atoms with van der Waals surface area (Å²) >= 11 is 0. The van der Waals surface area contributed by atoms with Crippen molar-refractivity contribution >= 4 is 17.6 Å². The van der Waals surface area contributed by atoms with E-state index in [-0.39, 0.29) is 11.8 Å². The molecule has 0 aromatic carbocycles. The second-order valence-electron chi connectivity index (χ2n) is 4.82. The quantitative estimate of drug-likeness (QED) is 0.503. The Morgan fingerprint density at radius 2 is 2.32 bits per heavy atom. The van der Waals surface area contributed by atoms with Crippen molar-refractivity contribution in [3.63, 3.8) is 0 Å². The lowest BCUT2D eigenvalue weighted by molar-refractivity contribution is -0.133. The van der Waals surface area contributed by atoms with E-state index in [0.29, 0.717) is 24.5 Å². The number of nitrogens with two attached hydrogens (primary N) is 1. The zero-order valence-corrected chi connectivity index (χ0v) is 10.9. The summed E-state index contributed by atoms with van der Waals surface area (Å²) < 4.78 is 0. The molecule has 102 valence electrons. The van der Waals surface area contributed by atoms with Gasteiger partial charge in [0.15, 0.2) is 5.82 Å². The Bertz CT molecular complexity index is 515. The highest BCUT2D eigenvalue weighted by molar-refractivity contribution is 6.02. The molecule has 0 spiro atoms. The predicted molar refractivity (Wildman–Crippen MR) is 70.2 cm³/mol. The standard InChI is InChI=1S/C12H17N5O2/c1-12(2)11(19)15-6-7-17(12)10(18)8-4-3-5-14-9(8)16-13/h3-5H,6-7,13H2,1-2H3,(H,14,16)(H,15,19). The molecule has 4 N–H and O–H groups in total. The first kappa shape index (κ1) is 13.3. The van der Waals surface area contributed by atoms with E-state index in [4.69, 9.17) is 5.84 Å². The maximum Gasteiger partial charge on any atom is 0.258 e. The van der Waals surface area contributed by atoms with Gasteiger partial charge < -0.3 is 15.6 Å². The Kier molecular flexibility index (Phi) is 3.39. The van der Waals surface area contributed by atoms with Gasteiger partial charge in [-0.2, -0.15) is 0 Å². The molecule has 1 aromatic rings. The molecule has 0 bridgehead atoms. The van der Waals surface area contributed by atoms with Crippen LogP contribution in [0.25, 0.3) is 0 Å². The van der Waals surface area contributed by atoms with E-state index in [0.717, 1.165) is 0 Å². The van der Waals surface area contributed by atoms with E-state index < -0.39 is 5.54 Å². The number of anilines is 1. The van der Waals surface area contributed by atoms with E-state index in [2.05, 4.69) is 15.7 Å². The number of pyridine rings is 1. The maximum atomic E-state index is 12.6. The third kappa shape index (κ3) is 2.24. The smallest absolute Gasteiger partial charge is 0.258 e. The zero-order chi connectivity index (χ0) is 14.0. The number of aromatic nitrogens is 1. The van der Waals surface area contributed by atoms with Gasteiger partial charge in [-0.05, 0) is 26.0 Å². The van der Waals surface area contributed by atoms with Crippen molar-refractivity contribution in [1.29, 1.82) is 0 Å². The van der Waals surface area contributed by atoms with E-state index in [1.807, 2.05) is 0 Å². The fourth-order valence-electron chi connectivity index (χ4n) is 2.09. The van der Waals surface area contributed by atoms with Crippen LogP contribution in [-0.2, 0) is 4.79 Å². The average Bonchev–Trinajstić information content (AvgIpc) is 2.41. The number of nitrogen functional groups attached to an aromatic ring is 1. The van der Waals surface area contributed by atoms with E-state index >= 15 is 0 Å². The number of carbonyl (C=O) groups excluding carboxylic acids is 2. The molecular weight excluding hydrogens is 246 g/mol. The number of carbonyl (C=O) groups is 2. The number of nitrogens with one attached hydrogen (secondary N) is 2. The maximum absolute atomic E-state index is 12.6. The minimum atomic E-state index is -0.892. The molecule has 0 saturated carbocycles. The number of amides is 2. The summed E-state index contributed by atoms with van der Waals surface area (Å²) in [6, 6.07) is 3.29. The lowest BCUT2D eigenvalue weighted by atomic mass is 9.97.